The molecule has 0 radical (unpaired) electrons. The van der Waals surface area contributed by atoms with Gasteiger partial charge in [-0.05, 0) is 63.7 Å². The maximum absolute atomic E-state index is 5.18. The van der Waals surface area contributed by atoms with Gasteiger partial charge in [-0.3, -0.25) is 0 Å². The van der Waals surface area contributed by atoms with Gasteiger partial charge < -0.3 is 0 Å². The molecule has 0 aliphatic rings. The minimum absolute atomic E-state index is 0.679. The molecule has 60 heavy (non-hydrogen) atoms. The van der Waals surface area contributed by atoms with E-state index in [4.69, 9.17) is 19.9 Å². The van der Waals surface area contributed by atoms with Crippen LogP contribution in [0.2, 0.25) is 0 Å². The van der Waals surface area contributed by atoms with Gasteiger partial charge >= 0.3 is 0 Å². The summed E-state index contributed by atoms with van der Waals surface area (Å²) in [6.07, 6.45) is 0. The quantitative estimate of drug-likeness (QED) is 0.147. The van der Waals surface area contributed by atoms with Gasteiger partial charge in [-0.2, -0.15) is 0 Å². The Morgan fingerprint density at radius 3 is 0.900 bits per heavy atom. The van der Waals surface area contributed by atoms with Crippen LogP contribution in [0.1, 0.15) is 0 Å². The molecule has 0 amide bonds. The lowest BCUT2D eigenvalue weighted by molar-refractivity contribution is 1.18. The number of rotatable bonds is 9. The van der Waals surface area contributed by atoms with Crippen LogP contribution in [0.4, 0.5) is 0 Å². The molecule has 4 nitrogen and oxygen atoms in total. The molecule has 0 saturated heterocycles. The van der Waals surface area contributed by atoms with Gasteiger partial charge in [0.2, 0.25) is 0 Å². The molecule has 0 unspecified atom stereocenters. The zero-order chi connectivity index (χ0) is 40.1. The molecule has 0 saturated carbocycles. The smallest absolute Gasteiger partial charge is 0.160 e. The summed E-state index contributed by atoms with van der Waals surface area (Å²) in [6, 6.07) is 79.9. The SMILES string of the molecule is c1ccc(-c2cc(-c3cccc(-c4cccc(-c5cc(-c6cccc(-c7ccccc7-c7ccccc7)c6)nc(-c6ccccc6)n5)c4)c3)nc(-c3ccccc3)n2)cc1. The van der Waals surface area contributed by atoms with Crippen molar-refractivity contribution < 1.29 is 0 Å². The van der Waals surface area contributed by atoms with Crippen LogP contribution in [0, 0.1) is 0 Å². The van der Waals surface area contributed by atoms with Crippen LogP contribution in [0.3, 0.4) is 0 Å². The van der Waals surface area contributed by atoms with Gasteiger partial charge in [0.05, 0.1) is 22.8 Å². The summed E-state index contributed by atoms with van der Waals surface area (Å²) in [5.41, 5.74) is 16.3. The Kier molecular flexibility index (Phi) is 9.92. The first-order chi connectivity index (χ1) is 29.7. The van der Waals surface area contributed by atoms with E-state index < -0.39 is 0 Å². The van der Waals surface area contributed by atoms with E-state index in [0.717, 1.165) is 72.8 Å². The van der Waals surface area contributed by atoms with Crippen LogP contribution in [0.15, 0.2) is 231 Å². The molecule has 282 valence electrons. The second kappa shape index (κ2) is 16.4. The summed E-state index contributed by atoms with van der Waals surface area (Å²) in [5, 5.41) is 0. The van der Waals surface area contributed by atoms with Gasteiger partial charge in [-0.25, -0.2) is 19.9 Å². The van der Waals surface area contributed by atoms with Crippen molar-refractivity contribution in [2.75, 3.05) is 0 Å². The van der Waals surface area contributed by atoms with E-state index >= 15 is 0 Å². The number of nitrogens with zero attached hydrogens (tertiary/aromatic N) is 4. The Hall–Kier alpha value is -8.08. The molecule has 0 fully saturated rings. The molecular formula is C56H38N4. The van der Waals surface area contributed by atoms with E-state index in [1.807, 2.05) is 54.6 Å². The molecule has 8 aromatic carbocycles. The molecule has 0 spiro atoms. The Labute approximate surface area is 350 Å². The molecule has 0 aliphatic carbocycles. The number of hydrogen-bond acceptors (Lipinski definition) is 4. The molecule has 0 bridgehead atoms. The molecule has 0 aliphatic heterocycles. The number of benzene rings is 8. The van der Waals surface area contributed by atoms with Crippen LogP contribution >= 0.6 is 0 Å². The maximum atomic E-state index is 5.18. The molecule has 0 atom stereocenters. The molecule has 2 heterocycles. The lowest BCUT2D eigenvalue weighted by atomic mass is 9.93. The molecule has 10 rings (SSSR count). The average Bonchev–Trinajstić information content (AvgIpc) is 3.35. The normalized spacial score (nSPS) is 11.0. The Balaban J connectivity index is 1.04. The summed E-state index contributed by atoms with van der Waals surface area (Å²) in [6.45, 7) is 0. The van der Waals surface area contributed by atoms with E-state index in [1.54, 1.807) is 0 Å². The van der Waals surface area contributed by atoms with Crippen molar-refractivity contribution in [2.24, 2.45) is 0 Å². The van der Waals surface area contributed by atoms with E-state index in [0.29, 0.717) is 11.6 Å². The van der Waals surface area contributed by atoms with Gasteiger partial charge in [-0.1, -0.05) is 200 Å². The van der Waals surface area contributed by atoms with Gasteiger partial charge in [0.15, 0.2) is 11.6 Å². The third-order valence-electron chi connectivity index (χ3n) is 10.7. The van der Waals surface area contributed by atoms with Crippen molar-refractivity contribution in [1.29, 1.82) is 0 Å². The second-order valence-corrected chi connectivity index (χ2v) is 14.7. The van der Waals surface area contributed by atoms with Crippen molar-refractivity contribution in [1.82, 2.24) is 19.9 Å². The molecule has 10 aromatic rings. The predicted molar refractivity (Wildman–Crippen MR) is 247 cm³/mol. The molecule has 2 aromatic heterocycles. The fourth-order valence-electron chi connectivity index (χ4n) is 7.69. The van der Waals surface area contributed by atoms with Crippen LogP contribution in [-0.2, 0) is 0 Å². The standard InChI is InChI=1S/C56H38N4/c1-5-18-39(19-6-1)49-32-13-14-33-50(49)45-28-17-31-48(36-45)54-38-53(59-56(60-54)42-24-11-4-12-25-42)47-30-16-27-44(35-47)43-26-15-29-46(34-43)52-37-51(40-20-7-2-8-21-40)57-55(58-52)41-22-9-3-10-23-41/h1-38H. The van der Waals surface area contributed by atoms with Crippen molar-refractivity contribution >= 4 is 0 Å². The number of hydrogen-bond donors (Lipinski definition) is 0. The molecule has 4 heteroatoms. The Morgan fingerprint density at radius 1 is 0.183 bits per heavy atom. The van der Waals surface area contributed by atoms with E-state index in [9.17, 15) is 0 Å². The average molecular weight is 767 g/mol. The van der Waals surface area contributed by atoms with Crippen molar-refractivity contribution in [3.05, 3.63) is 231 Å². The van der Waals surface area contributed by atoms with Crippen molar-refractivity contribution in [3.63, 3.8) is 0 Å². The molecular weight excluding hydrogens is 729 g/mol. The summed E-state index contributed by atoms with van der Waals surface area (Å²) in [7, 11) is 0. The first kappa shape index (κ1) is 36.3. The number of aromatic nitrogens is 4. The van der Waals surface area contributed by atoms with Gasteiger partial charge in [0.25, 0.3) is 0 Å². The van der Waals surface area contributed by atoms with E-state index in [1.165, 1.54) is 16.7 Å². The monoisotopic (exact) mass is 766 g/mol. The second-order valence-electron chi connectivity index (χ2n) is 14.7. The molecule has 0 N–H and O–H groups in total. The Morgan fingerprint density at radius 2 is 0.467 bits per heavy atom. The highest BCUT2D eigenvalue weighted by Gasteiger charge is 2.15. The minimum atomic E-state index is 0.679. The highest BCUT2D eigenvalue weighted by molar-refractivity contribution is 5.86. The van der Waals surface area contributed by atoms with Gasteiger partial charge in [0, 0.05) is 33.4 Å². The summed E-state index contributed by atoms with van der Waals surface area (Å²) in [4.78, 5) is 20.4. The van der Waals surface area contributed by atoms with E-state index in [-0.39, 0.29) is 0 Å². The lowest BCUT2D eigenvalue weighted by Crippen LogP contribution is -1.96. The van der Waals surface area contributed by atoms with Crippen molar-refractivity contribution in [2.45, 2.75) is 0 Å². The van der Waals surface area contributed by atoms with Gasteiger partial charge in [-0.15, -0.1) is 0 Å². The van der Waals surface area contributed by atoms with Crippen LogP contribution in [0.5, 0.6) is 0 Å². The summed E-state index contributed by atoms with van der Waals surface area (Å²) in [5.74, 6) is 1.37. The first-order valence-electron chi connectivity index (χ1n) is 20.1. The summed E-state index contributed by atoms with van der Waals surface area (Å²) >= 11 is 0. The van der Waals surface area contributed by atoms with Crippen molar-refractivity contribution in [3.8, 4) is 101 Å². The third kappa shape index (κ3) is 7.66. The zero-order valence-electron chi connectivity index (χ0n) is 32.7. The maximum Gasteiger partial charge on any atom is 0.160 e. The van der Waals surface area contributed by atoms with E-state index in [2.05, 4.69) is 176 Å². The fourth-order valence-corrected chi connectivity index (χ4v) is 7.69. The lowest BCUT2D eigenvalue weighted by Gasteiger charge is -2.13. The first-order valence-corrected chi connectivity index (χ1v) is 20.1. The largest absolute Gasteiger partial charge is 0.228 e. The topological polar surface area (TPSA) is 51.6 Å². The highest BCUT2D eigenvalue weighted by atomic mass is 14.9. The van der Waals surface area contributed by atoms with Crippen LogP contribution in [-0.4, -0.2) is 19.9 Å². The third-order valence-corrected chi connectivity index (χ3v) is 10.7. The predicted octanol–water partition coefficient (Wildman–Crippen LogP) is 14.3. The van der Waals surface area contributed by atoms with Crippen LogP contribution in [0.25, 0.3) is 101 Å². The van der Waals surface area contributed by atoms with Gasteiger partial charge in [0.1, 0.15) is 0 Å². The minimum Gasteiger partial charge on any atom is -0.228 e. The Bertz CT molecular complexity index is 3020. The summed E-state index contributed by atoms with van der Waals surface area (Å²) < 4.78 is 0. The highest BCUT2D eigenvalue weighted by Crippen LogP contribution is 2.36. The van der Waals surface area contributed by atoms with Crippen LogP contribution < -0.4 is 0 Å². The zero-order valence-corrected chi connectivity index (χ0v) is 32.7. The fraction of sp³-hybridized carbons (Fsp3) is 0.